The maximum absolute atomic E-state index is 14.1. The molecule has 0 spiro atoms. The minimum atomic E-state index is -4.01. The number of benzene rings is 2. The molecule has 0 unspecified atom stereocenters. The summed E-state index contributed by atoms with van der Waals surface area (Å²) in [4.78, 5) is 14.6. The quantitative estimate of drug-likeness (QED) is 0.569. The van der Waals surface area contributed by atoms with Crippen LogP contribution in [-0.4, -0.2) is 75.0 Å². The summed E-state index contributed by atoms with van der Waals surface area (Å²) in [5.41, 5.74) is 1.68. The first-order chi connectivity index (χ1) is 15.8. The minimum absolute atomic E-state index is 0.0556. The number of sulfonamides is 1. The monoisotopic (exact) mass is 474 g/mol. The summed E-state index contributed by atoms with van der Waals surface area (Å²) in [6, 6.07) is 10.9. The van der Waals surface area contributed by atoms with Gasteiger partial charge in [-0.15, -0.1) is 0 Å². The summed E-state index contributed by atoms with van der Waals surface area (Å²) < 4.78 is 47.3. The number of rotatable bonds is 7. The van der Waals surface area contributed by atoms with Gasteiger partial charge in [0.15, 0.2) is 0 Å². The molecule has 0 aliphatic carbocycles. The number of halogens is 1. The Morgan fingerprint density at radius 1 is 1.09 bits per heavy atom. The smallest absolute Gasteiger partial charge is 0.255 e. The van der Waals surface area contributed by atoms with Gasteiger partial charge in [-0.05, 0) is 42.5 Å². The summed E-state index contributed by atoms with van der Waals surface area (Å²) in [6.07, 6.45) is 2.02. The Hall–Kier alpha value is -2.79. The van der Waals surface area contributed by atoms with E-state index in [2.05, 4.69) is 14.8 Å². The van der Waals surface area contributed by atoms with Crippen LogP contribution in [0.25, 0.3) is 10.9 Å². The average Bonchev–Trinajstić information content (AvgIpc) is 3.20. The fourth-order valence-electron chi connectivity index (χ4n) is 3.79. The number of amides is 1. The van der Waals surface area contributed by atoms with E-state index in [9.17, 15) is 17.6 Å². The van der Waals surface area contributed by atoms with Gasteiger partial charge in [0.2, 0.25) is 10.0 Å². The predicted octanol–water partition coefficient (Wildman–Crippen LogP) is 2.62. The van der Waals surface area contributed by atoms with Crippen LogP contribution in [0.4, 0.5) is 10.1 Å². The number of carbonyl (C=O) groups excluding carboxylic acids is 1. The standard InChI is InChI=1S/C23H27FN4O4S/c1-26(2)33(30,31)22-16-18(3-5-20(22)24)23(29)25-19-4-6-21-17(15-19)7-8-28(21)10-9-27-11-13-32-14-12-27/h3-8,15-16H,9-14H2,1-2H3,(H,25,29). The predicted molar refractivity (Wildman–Crippen MR) is 124 cm³/mol. The van der Waals surface area contributed by atoms with Crippen molar-refractivity contribution in [3.8, 4) is 0 Å². The van der Waals surface area contributed by atoms with Gasteiger partial charge in [0.25, 0.3) is 5.91 Å². The Morgan fingerprint density at radius 3 is 2.58 bits per heavy atom. The molecule has 2 aromatic carbocycles. The molecule has 1 aromatic heterocycles. The van der Waals surface area contributed by atoms with Gasteiger partial charge >= 0.3 is 0 Å². The Balaban J connectivity index is 1.48. The topological polar surface area (TPSA) is 83.9 Å². The van der Waals surface area contributed by atoms with E-state index in [1.807, 2.05) is 24.4 Å². The third-order valence-electron chi connectivity index (χ3n) is 5.74. The molecule has 1 aliphatic rings. The first-order valence-electron chi connectivity index (χ1n) is 10.7. The fraction of sp³-hybridized carbons (Fsp3) is 0.348. The molecule has 1 fully saturated rings. The van der Waals surface area contributed by atoms with E-state index in [1.165, 1.54) is 20.2 Å². The van der Waals surface area contributed by atoms with Crippen LogP contribution in [0.3, 0.4) is 0 Å². The van der Waals surface area contributed by atoms with Crippen molar-refractivity contribution in [3.63, 3.8) is 0 Å². The van der Waals surface area contributed by atoms with Crippen LogP contribution in [0.15, 0.2) is 53.6 Å². The van der Waals surface area contributed by atoms with Gasteiger partial charge in [-0.3, -0.25) is 9.69 Å². The van der Waals surface area contributed by atoms with Crippen LogP contribution in [0, 0.1) is 5.82 Å². The van der Waals surface area contributed by atoms with E-state index in [0.717, 1.165) is 66.7 Å². The number of ether oxygens (including phenoxy) is 1. The van der Waals surface area contributed by atoms with Crippen molar-refractivity contribution >= 4 is 32.5 Å². The van der Waals surface area contributed by atoms with E-state index in [-0.39, 0.29) is 5.56 Å². The number of aromatic nitrogens is 1. The molecule has 10 heteroatoms. The lowest BCUT2D eigenvalue weighted by Crippen LogP contribution is -2.38. The van der Waals surface area contributed by atoms with Crippen molar-refractivity contribution in [1.29, 1.82) is 0 Å². The van der Waals surface area contributed by atoms with E-state index in [1.54, 1.807) is 6.07 Å². The van der Waals surface area contributed by atoms with Gasteiger partial charge in [-0.25, -0.2) is 17.1 Å². The van der Waals surface area contributed by atoms with Crippen molar-refractivity contribution in [1.82, 2.24) is 13.8 Å². The largest absolute Gasteiger partial charge is 0.379 e. The molecule has 1 amide bonds. The highest BCUT2D eigenvalue weighted by atomic mass is 32.2. The fourth-order valence-corrected chi connectivity index (χ4v) is 4.77. The van der Waals surface area contributed by atoms with E-state index >= 15 is 0 Å². The molecule has 1 saturated heterocycles. The molecular weight excluding hydrogens is 447 g/mol. The second-order valence-corrected chi connectivity index (χ2v) is 10.2. The van der Waals surface area contributed by atoms with Crippen molar-refractivity contribution in [3.05, 3.63) is 60.0 Å². The van der Waals surface area contributed by atoms with Crippen LogP contribution < -0.4 is 5.32 Å². The molecular formula is C23H27FN4O4S. The Kier molecular flexibility index (Phi) is 6.80. The van der Waals surface area contributed by atoms with Gasteiger partial charge in [-0.2, -0.15) is 0 Å². The van der Waals surface area contributed by atoms with Crippen molar-refractivity contribution in [2.24, 2.45) is 0 Å². The summed E-state index contributed by atoms with van der Waals surface area (Å²) in [5.74, 6) is -1.42. The first-order valence-corrected chi connectivity index (χ1v) is 12.1. The van der Waals surface area contributed by atoms with Gasteiger partial charge < -0.3 is 14.6 Å². The number of nitrogens with one attached hydrogen (secondary N) is 1. The van der Waals surface area contributed by atoms with E-state index < -0.39 is 26.6 Å². The normalized spacial score (nSPS) is 15.3. The van der Waals surface area contributed by atoms with Crippen molar-refractivity contribution in [2.75, 3.05) is 52.3 Å². The zero-order chi connectivity index (χ0) is 23.6. The zero-order valence-electron chi connectivity index (χ0n) is 18.6. The van der Waals surface area contributed by atoms with Crippen LogP contribution in [0.2, 0.25) is 0 Å². The van der Waals surface area contributed by atoms with Gasteiger partial charge in [0, 0.05) is 68.6 Å². The molecule has 0 saturated carbocycles. The van der Waals surface area contributed by atoms with Crippen molar-refractivity contribution < 1.29 is 22.3 Å². The molecule has 1 aliphatic heterocycles. The number of morpholine rings is 1. The zero-order valence-corrected chi connectivity index (χ0v) is 19.4. The number of carbonyl (C=O) groups is 1. The second kappa shape index (κ2) is 9.60. The van der Waals surface area contributed by atoms with E-state index in [4.69, 9.17) is 4.74 Å². The molecule has 2 heterocycles. The number of fused-ring (bicyclic) bond motifs is 1. The third kappa shape index (κ3) is 5.09. The lowest BCUT2D eigenvalue weighted by Gasteiger charge is -2.26. The molecule has 3 aromatic rings. The molecule has 0 radical (unpaired) electrons. The Bertz CT molecular complexity index is 1270. The molecule has 1 N–H and O–H groups in total. The number of hydrogen-bond acceptors (Lipinski definition) is 5. The third-order valence-corrected chi connectivity index (χ3v) is 7.57. The Morgan fingerprint density at radius 2 is 1.85 bits per heavy atom. The van der Waals surface area contributed by atoms with Crippen molar-refractivity contribution in [2.45, 2.75) is 11.4 Å². The van der Waals surface area contributed by atoms with Crippen LogP contribution in [0.5, 0.6) is 0 Å². The van der Waals surface area contributed by atoms with Gasteiger partial charge in [0.05, 0.1) is 13.2 Å². The minimum Gasteiger partial charge on any atom is -0.379 e. The number of anilines is 1. The highest BCUT2D eigenvalue weighted by Gasteiger charge is 2.23. The second-order valence-electron chi connectivity index (χ2n) is 8.12. The maximum atomic E-state index is 14.1. The van der Waals surface area contributed by atoms with Crippen LogP contribution in [0.1, 0.15) is 10.4 Å². The molecule has 33 heavy (non-hydrogen) atoms. The Labute approximate surface area is 192 Å². The first kappa shape index (κ1) is 23.4. The highest BCUT2D eigenvalue weighted by Crippen LogP contribution is 2.23. The molecule has 176 valence electrons. The number of nitrogens with zero attached hydrogens (tertiary/aromatic N) is 3. The van der Waals surface area contributed by atoms with Gasteiger partial charge in [0.1, 0.15) is 10.7 Å². The van der Waals surface area contributed by atoms with Gasteiger partial charge in [-0.1, -0.05) is 0 Å². The molecule has 8 nitrogen and oxygen atoms in total. The average molecular weight is 475 g/mol. The highest BCUT2D eigenvalue weighted by molar-refractivity contribution is 7.89. The molecule has 0 atom stereocenters. The maximum Gasteiger partial charge on any atom is 0.255 e. The summed E-state index contributed by atoms with van der Waals surface area (Å²) in [5, 5.41) is 3.75. The number of hydrogen-bond donors (Lipinski definition) is 1. The lowest BCUT2D eigenvalue weighted by atomic mass is 10.2. The summed E-state index contributed by atoms with van der Waals surface area (Å²) >= 11 is 0. The summed E-state index contributed by atoms with van der Waals surface area (Å²) in [7, 11) is -1.39. The SMILES string of the molecule is CN(C)S(=O)(=O)c1cc(C(=O)Nc2ccc3c(ccn3CCN3CCOCC3)c2)ccc1F. The van der Waals surface area contributed by atoms with E-state index in [0.29, 0.717) is 5.69 Å². The summed E-state index contributed by atoms with van der Waals surface area (Å²) in [6.45, 7) is 5.22. The molecule has 0 bridgehead atoms. The molecule has 4 rings (SSSR count). The van der Waals surface area contributed by atoms with Crippen LogP contribution in [-0.2, 0) is 21.3 Å². The lowest BCUT2D eigenvalue weighted by molar-refractivity contribution is 0.0365. The van der Waals surface area contributed by atoms with Crippen LogP contribution >= 0.6 is 0 Å².